The van der Waals surface area contributed by atoms with Crippen LogP contribution in [-0.4, -0.2) is 18.2 Å². The van der Waals surface area contributed by atoms with Crippen LogP contribution in [0.5, 0.6) is 5.75 Å². The van der Waals surface area contributed by atoms with E-state index >= 15 is 0 Å². The molecule has 1 rings (SSSR count). The van der Waals surface area contributed by atoms with E-state index in [0.717, 1.165) is 0 Å². The summed E-state index contributed by atoms with van der Waals surface area (Å²) in [7, 11) is 1.52. The number of carbonyl (C=O) groups excluding carboxylic acids is 1. The van der Waals surface area contributed by atoms with Crippen molar-refractivity contribution in [3.8, 4) is 5.75 Å². The van der Waals surface area contributed by atoms with Crippen LogP contribution in [-0.2, 0) is 0 Å². The summed E-state index contributed by atoms with van der Waals surface area (Å²) in [5, 5.41) is 1.22. The summed E-state index contributed by atoms with van der Waals surface area (Å²) in [6, 6.07) is 5.01. The molecule has 0 amide bonds. The first-order valence-electron chi connectivity index (χ1n) is 4.11. The molecule has 0 bridgehead atoms. The third-order valence-electron chi connectivity index (χ3n) is 1.79. The molecule has 0 spiro atoms. The lowest BCUT2D eigenvalue weighted by atomic mass is 10.1. The molecule has 0 saturated carbocycles. The van der Waals surface area contributed by atoms with Gasteiger partial charge < -0.3 is 4.74 Å². The van der Waals surface area contributed by atoms with Gasteiger partial charge in [-0.2, -0.15) is 0 Å². The monoisotopic (exact) mass is 276 g/mol. The molecule has 76 valence electrons. The summed E-state index contributed by atoms with van der Waals surface area (Å²) in [5.41, 5.74) is 0.580. The second-order valence-electron chi connectivity index (χ2n) is 2.71. The maximum atomic E-state index is 11.6. The third kappa shape index (κ3) is 2.72. The molecule has 0 N–H and O–H groups in total. The fraction of sp³-hybridized carbons (Fsp3) is 0.300. The number of hydrogen-bond acceptors (Lipinski definition) is 2. The molecule has 2 nitrogen and oxygen atoms in total. The van der Waals surface area contributed by atoms with Gasteiger partial charge in [0.2, 0.25) is 0 Å². The van der Waals surface area contributed by atoms with Crippen molar-refractivity contribution in [2.24, 2.45) is 0 Å². The van der Waals surface area contributed by atoms with Crippen LogP contribution in [0.2, 0.25) is 5.02 Å². The number of Topliss-reactive ketones (excluding diaryl/α,β-unsaturated/α-hetero) is 1. The van der Waals surface area contributed by atoms with Crippen LogP contribution in [0.4, 0.5) is 0 Å². The predicted octanol–water partition coefficient (Wildman–Crippen LogP) is 3.32. The SMILES string of the molecule is COc1cc(Cl)ccc1C(=O)CCBr. The average Bonchev–Trinajstić information content (AvgIpc) is 2.17. The molecule has 1 aromatic rings. The minimum Gasteiger partial charge on any atom is -0.496 e. The van der Waals surface area contributed by atoms with Gasteiger partial charge in [-0.25, -0.2) is 0 Å². The lowest BCUT2D eigenvalue weighted by molar-refractivity contribution is 0.0987. The quantitative estimate of drug-likeness (QED) is 0.623. The standard InChI is InChI=1S/C10H10BrClO2/c1-14-10-6-7(12)2-3-8(10)9(13)4-5-11/h2-3,6H,4-5H2,1H3. The van der Waals surface area contributed by atoms with Crippen LogP contribution < -0.4 is 4.74 Å². The molecule has 0 unspecified atom stereocenters. The van der Waals surface area contributed by atoms with Gasteiger partial charge in [0.1, 0.15) is 5.75 Å². The lowest BCUT2D eigenvalue weighted by Gasteiger charge is -2.06. The number of rotatable bonds is 4. The van der Waals surface area contributed by atoms with E-state index in [1.807, 2.05) is 0 Å². The van der Waals surface area contributed by atoms with Crippen LogP contribution in [0.1, 0.15) is 16.8 Å². The molecule has 0 aliphatic heterocycles. The number of ether oxygens (including phenoxy) is 1. The number of carbonyl (C=O) groups is 1. The van der Waals surface area contributed by atoms with E-state index in [9.17, 15) is 4.79 Å². The summed E-state index contributed by atoms with van der Waals surface area (Å²) in [5.74, 6) is 0.582. The van der Waals surface area contributed by atoms with Gasteiger partial charge in [-0.3, -0.25) is 4.79 Å². The Balaban J connectivity index is 3.01. The first-order valence-corrected chi connectivity index (χ1v) is 5.61. The van der Waals surface area contributed by atoms with Gasteiger partial charge in [0, 0.05) is 16.8 Å². The van der Waals surface area contributed by atoms with Crippen molar-refractivity contribution in [2.45, 2.75) is 6.42 Å². The average molecular weight is 278 g/mol. The number of benzene rings is 1. The minimum absolute atomic E-state index is 0.0513. The molecule has 1 aromatic carbocycles. The Kier molecular flexibility index (Phi) is 4.42. The molecule has 0 fully saturated rings. The van der Waals surface area contributed by atoms with Crippen molar-refractivity contribution in [1.29, 1.82) is 0 Å². The Morgan fingerprint density at radius 3 is 2.86 bits per heavy atom. The zero-order valence-electron chi connectivity index (χ0n) is 7.72. The van der Waals surface area contributed by atoms with E-state index in [1.54, 1.807) is 18.2 Å². The highest BCUT2D eigenvalue weighted by Gasteiger charge is 2.11. The number of halogens is 2. The molecule has 0 saturated heterocycles. The van der Waals surface area contributed by atoms with E-state index < -0.39 is 0 Å². The fourth-order valence-electron chi connectivity index (χ4n) is 1.12. The van der Waals surface area contributed by atoms with Gasteiger partial charge >= 0.3 is 0 Å². The molecule has 0 aliphatic carbocycles. The van der Waals surface area contributed by atoms with Crippen molar-refractivity contribution in [2.75, 3.05) is 12.4 Å². The predicted molar refractivity (Wildman–Crippen MR) is 60.7 cm³/mol. The van der Waals surface area contributed by atoms with Crippen LogP contribution in [0.25, 0.3) is 0 Å². The Morgan fingerprint density at radius 1 is 1.57 bits per heavy atom. The maximum absolute atomic E-state index is 11.6. The van der Waals surface area contributed by atoms with Gasteiger partial charge in [-0.05, 0) is 18.2 Å². The van der Waals surface area contributed by atoms with E-state index in [1.165, 1.54) is 7.11 Å². The minimum atomic E-state index is 0.0513. The third-order valence-corrected chi connectivity index (χ3v) is 2.42. The molecule has 0 radical (unpaired) electrons. The second kappa shape index (κ2) is 5.37. The Morgan fingerprint density at radius 2 is 2.29 bits per heavy atom. The Hall–Kier alpha value is -0.540. The van der Waals surface area contributed by atoms with Crippen molar-refractivity contribution in [3.05, 3.63) is 28.8 Å². The maximum Gasteiger partial charge on any atom is 0.167 e. The first kappa shape index (κ1) is 11.5. The van der Waals surface area contributed by atoms with E-state index in [2.05, 4.69) is 15.9 Å². The number of methoxy groups -OCH3 is 1. The summed E-state index contributed by atoms with van der Waals surface area (Å²) < 4.78 is 5.07. The Labute approximate surface area is 96.3 Å². The van der Waals surface area contributed by atoms with Crippen molar-refractivity contribution in [3.63, 3.8) is 0 Å². The normalized spacial score (nSPS) is 9.93. The molecule has 0 heterocycles. The number of alkyl halides is 1. The highest BCUT2D eigenvalue weighted by Crippen LogP contribution is 2.24. The number of ketones is 1. The van der Waals surface area contributed by atoms with Crippen LogP contribution in [0.3, 0.4) is 0 Å². The molecule has 4 heteroatoms. The van der Waals surface area contributed by atoms with Crippen molar-refractivity contribution < 1.29 is 9.53 Å². The second-order valence-corrected chi connectivity index (χ2v) is 3.94. The van der Waals surface area contributed by atoms with Gasteiger partial charge in [0.25, 0.3) is 0 Å². The summed E-state index contributed by atoms with van der Waals surface area (Å²) in [6.45, 7) is 0. The van der Waals surface area contributed by atoms with E-state index in [0.29, 0.717) is 28.1 Å². The lowest BCUT2D eigenvalue weighted by Crippen LogP contribution is -2.02. The summed E-state index contributed by atoms with van der Waals surface area (Å²) in [6.07, 6.45) is 0.456. The highest BCUT2D eigenvalue weighted by atomic mass is 79.9. The van der Waals surface area contributed by atoms with Crippen molar-refractivity contribution >= 4 is 33.3 Å². The van der Waals surface area contributed by atoms with Gasteiger partial charge in [-0.1, -0.05) is 27.5 Å². The molecule has 0 aliphatic rings. The van der Waals surface area contributed by atoms with Gasteiger partial charge in [-0.15, -0.1) is 0 Å². The molecular weight excluding hydrogens is 267 g/mol. The zero-order chi connectivity index (χ0) is 10.6. The van der Waals surface area contributed by atoms with Crippen LogP contribution in [0.15, 0.2) is 18.2 Å². The number of hydrogen-bond donors (Lipinski definition) is 0. The van der Waals surface area contributed by atoms with E-state index in [4.69, 9.17) is 16.3 Å². The summed E-state index contributed by atoms with van der Waals surface area (Å²) in [4.78, 5) is 11.6. The smallest absolute Gasteiger partial charge is 0.167 e. The van der Waals surface area contributed by atoms with Crippen molar-refractivity contribution in [1.82, 2.24) is 0 Å². The van der Waals surface area contributed by atoms with Gasteiger partial charge in [0.05, 0.1) is 12.7 Å². The molecule has 0 aromatic heterocycles. The first-order chi connectivity index (χ1) is 6.69. The Bertz CT molecular complexity index is 339. The van der Waals surface area contributed by atoms with E-state index in [-0.39, 0.29) is 5.78 Å². The largest absolute Gasteiger partial charge is 0.496 e. The highest BCUT2D eigenvalue weighted by molar-refractivity contribution is 9.09. The van der Waals surface area contributed by atoms with Crippen LogP contribution in [0, 0.1) is 0 Å². The molecule has 14 heavy (non-hydrogen) atoms. The van der Waals surface area contributed by atoms with Gasteiger partial charge in [0.15, 0.2) is 5.78 Å². The topological polar surface area (TPSA) is 26.3 Å². The fourth-order valence-corrected chi connectivity index (χ4v) is 1.64. The summed E-state index contributed by atoms with van der Waals surface area (Å²) >= 11 is 9.00. The molecular formula is C10H10BrClO2. The van der Waals surface area contributed by atoms with Crippen LogP contribution >= 0.6 is 27.5 Å². The zero-order valence-corrected chi connectivity index (χ0v) is 10.1. The molecule has 0 atom stereocenters.